The Morgan fingerprint density at radius 1 is 1.08 bits per heavy atom. The maximum absolute atomic E-state index is 10.7. The Kier molecular flexibility index (Phi) is 5.08. The fourth-order valence-corrected chi connectivity index (χ4v) is 0.512. The number of hydrogen-bond acceptors (Lipinski definition) is 2. The lowest BCUT2D eigenvalue weighted by Gasteiger charge is -2.37. The Balaban J connectivity index is 0. The Bertz CT molecular complexity index is 156. The minimum atomic E-state index is -0.390. The number of carbonyl (C=O) groups excluding carboxylic acids is 1. The van der Waals surface area contributed by atoms with E-state index in [2.05, 4.69) is 20.8 Å². The fourth-order valence-electron chi connectivity index (χ4n) is 0.512. The van der Waals surface area contributed by atoms with Crippen LogP contribution < -0.4 is 0 Å². The molecule has 0 rings (SSSR count). The molecule has 0 aromatic rings. The number of rotatable bonds is 1. The van der Waals surface area contributed by atoms with E-state index in [4.69, 9.17) is 4.74 Å². The molecule has 0 aromatic carbocycles. The number of esters is 1. The smallest absolute Gasteiger partial charge is 0.303 e. The molecule has 0 aromatic heterocycles. The zero-order valence-electron chi connectivity index (χ0n) is 9.02. The summed E-state index contributed by atoms with van der Waals surface area (Å²) < 4.78 is 5.16. The van der Waals surface area contributed by atoms with Crippen LogP contribution in [-0.2, 0) is 9.53 Å². The summed E-state index contributed by atoms with van der Waals surface area (Å²) >= 11 is 0. The minimum absolute atomic E-state index is 0. The molecule has 0 amide bonds. The molecule has 0 saturated carbocycles. The third kappa shape index (κ3) is 4.06. The van der Waals surface area contributed by atoms with Crippen molar-refractivity contribution in [2.45, 2.75) is 47.1 Å². The lowest BCUT2D eigenvalue weighted by Crippen LogP contribution is -2.40. The van der Waals surface area contributed by atoms with Gasteiger partial charge >= 0.3 is 5.97 Å². The molecule has 1 unspecified atom stereocenters. The third-order valence-corrected chi connectivity index (χ3v) is 2.21. The van der Waals surface area contributed by atoms with Crippen LogP contribution in [0.4, 0.5) is 0 Å². The summed E-state index contributed by atoms with van der Waals surface area (Å²) in [5, 5.41) is 0. The maximum Gasteiger partial charge on any atom is 0.303 e. The second-order valence-corrected chi connectivity index (χ2v) is 4.35. The molecule has 0 N–H and O–H groups in total. The molecular weight excluding hydrogens is 171 g/mol. The Morgan fingerprint density at radius 2 is 1.42 bits per heavy atom. The molecule has 0 fully saturated rings. The van der Waals surface area contributed by atoms with Crippen molar-refractivity contribution in [1.82, 2.24) is 0 Å². The Labute approximate surface area is 78.7 Å². The normalized spacial score (nSPS) is 11.8. The van der Waals surface area contributed by atoms with Crippen LogP contribution in [0.5, 0.6) is 0 Å². The zero-order valence-corrected chi connectivity index (χ0v) is 10.4. The summed E-state index contributed by atoms with van der Waals surface area (Å²) in [7, 11) is 0. The van der Waals surface area contributed by atoms with E-state index < -0.39 is 5.60 Å². The number of ether oxygens (including phenoxy) is 1. The van der Waals surface area contributed by atoms with Gasteiger partial charge in [-0.15, -0.1) is 0 Å². The predicted molar refractivity (Wildman–Crippen MR) is 56.4 cm³/mol. The summed E-state index contributed by atoms with van der Waals surface area (Å²) in [5.74, 6) is -0.218. The average Bonchev–Trinajstić information content (AvgIpc) is 1.56. The van der Waals surface area contributed by atoms with Crippen LogP contribution >= 0.6 is 9.90 Å². The summed E-state index contributed by atoms with van der Waals surface area (Å²) in [6, 6.07) is 0. The van der Waals surface area contributed by atoms with Crippen molar-refractivity contribution in [1.29, 1.82) is 0 Å². The Hall–Kier alpha value is -0.100. The van der Waals surface area contributed by atoms with Gasteiger partial charge in [-0.3, -0.25) is 4.79 Å². The van der Waals surface area contributed by atoms with Gasteiger partial charge in [0, 0.05) is 12.3 Å². The van der Waals surface area contributed by atoms with Crippen LogP contribution in [0.3, 0.4) is 0 Å². The maximum atomic E-state index is 10.7. The molecule has 0 radical (unpaired) electrons. The van der Waals surface area contributed by atoms with E-state index in [0.29, 0.717) is 0 Å². The first-order valence-corrected chi connectivity index (χ1v) is 3.86. The predicted octanol–water partition coefficient (Wildman–Crippen LogP) is 2.43. The van der Waals surface area contributed by atoms with Gasteiger partial charge in [0.25, 0.3) is 0 Å². The van der Waals surface area contributed by atoms with E-state index in [1.807, 2.05) is 13.8 Å². The van der Waals surface area contributed by atoms with E-state index in [0.717, 1.165) is 0 Å². The summed E-state index contributed by atoms with van der Waals surface area (Å²) in [6.45, 7) is 11.4. The highest BCUT2D eigenvalue weighted by molar-refractivity contribution is 6.92. The van der Waals surface area contributed by atoms with Crippen molar-refractivity contribution >= 4 is 15.9 Å². The molecular formula is C9H21O2P. The highest BCUT2D eigenvalue weighted by Crippen LogP contribution is 2.32. The van der Waals surface area contributed by atoms with Crippen LogP contribution in [0.15, 0.2) is 0 Å². The average molecular weight is 192 g/mol. The van der Waals surface area contributed by atoms with Crippen molar-refractivity contribution in [2.75, 3.05) is 0 Å². The lowest BCUT2D eigenvalue weighted by molar-refractivity contribution is -0.164. The summed E-state index contributed by atoms with van der Waals surface area (Å²) in [5.41, 5.74) is -0.405. The van der Waals surface area contributed by atoms with Gasteiger partial charge in [-0.2, -0.15) is 9.90 Å². The van der Waals surface area contributed by atoms with Crippen molar-refractivity contribution in [3.05, 3.63) is 0 Å². The van der Waals surface area contributed by atoms with Gasteiger partial charge in [0.15, 0.2) is 0 Å². The van der Waals surface area contributed by atoms with E-state index in [-0.39, 0.29) is 21.3 Å². The largest absolute Gasteiger partial charge is 0.459 e. The molecule has 2 nitrogen and oxygen atoms in total. The minimum Gasteiger partial charge on any atom is -0.459 e. The van der Waals surface area contributed by atoms with Crippen LogP contribution in [0.25, 0.3) is 0 Å². The van der Waals surface area contributed by atoms with Gasteiger partial charge in [0.1, 0.15) is 5.60 Å². The quantitative estimate of drug-likeness (QED) is 0.471. The second-order valence-electron chi connectivity index (χ2n) is 4.35. The van der Waals surface area contributed by atoms with Gasteiger partial charge in [-0.25, -0.2) is 0 Å². The van der Waals surface area contributed by atoms with E-state index in [1.165, 1.54) is 6.92 Å². The van der Waals surface area contributed by atoms with Crippen LogP contribution in [0.1, 0.15) is 41.5 Å². The zero-order chi connectivity index (χ0) is 9.28. The molecule has 1 atom stereocenters. The van der Waals surface area contributed by atoms with Gasteiger partial charge in [-0.05, 0) is 13.8 Å². The van der Waals surface area contributed by atoms with Crippen LogP contribution in [-0.4, -0.2) is 11.6 Å². The van der Waals surface area contributed by atoms with Gasteiger partial charge in [-0.1, -0.05) is 20.8 Å². The highest BCUT2D eigenvalue weighted by Gasteiger charge is 2.35. The Morgan fingerprint density at radius 3 is 1.50 bits per heavy atom. The first kappa shape index (κ1) is 14.4. The van der Waals surface area contributed by atoms with Crippen molar-refractivity contribution in [2.24, 2.45) is 5.41 Å². The monoisotopic (exact) mass is 192 g/mol. The molecule has 0 aliphatic rings. The standard InChI is InChI=1S/C9H18O2.H3P/c1-7(10)11-9(5,6)8(2,3)4;/h1-6H3;1H3. The van der Waals surface area contributed by atoms with Crippen LogP contribution in [0.2, 0.25) is 0 Å². The van der Waals surface area contributed by atoms with E-state index in [1.54, 1.807) is 0 Å². The second kappa shape index (κ2) is 4.23. The summed E-state index contributed by atoms with van der Waals surface area (Å²) in [6.07, 6.45) is 0. The first-order valence-electron chi connectivity index (χ1n) is 3.86. The summed E-state index contributed by atoms with van der Waals surface area (Å²) in [4.78, 5) is 10.7. The van der Waals surface area contributed by atoms with E-state index >= 15 is 0 Å². The highest BCUT2D eigenvalue weighted by atomic mass is 31.0. The van der Waals surface area contributed by atoms with Crippen molar-refractivity contribution in [3.8, 4) is 0 Å². The topological polar surface area (TPSA) is 26.3 Å². The number of hydrogen-bond donors (Lipinski definition) is 0. The molecule has 74 valence electrons. The van der Waals surface area contributed by atoms with Gasteiger partial charge < -0.3 is 4.74 Å². The SMILES string of the molecule is CC(=O)OC(C)(C)C(C)(C)C.P. The lowest BCUT2D eigenvalue weighted by atomic mass is 9.79. The third-order valence-electron chi connectivity index (χ3n) is 2.21. The first-order chi connectivity index (χ1) is 4.67. The van der Waals surface area contributed by atoms with Gasteiger partial charge in [0.2, 0.25) is 0 Å². The molecule has 0 aliphatic heterocycles. The van der Waals surface area contributed by atoms with Crippen molar-refractivity contribution < 1.29 is 9.53 Å². The molecule has 0 aliphatic carbocycles. The van der Waals surface area contributed by atoms with Crippen molar-refractivity contribution in [3.63, 3.8) is 0 Å². The molecule has 3 heteroatoms. The molecule has 0 heterocycles. The molecule has 0 bridgehead atoms. The van der Waals surface area contributed by atoms with Gasteiger partial charge in [0.05, 0.1) is 0 Å². The van der Waals surface area contributed by atoms with Crippen LogP contribution in [0, 0.1) is 5.41 Å². The molecule has 0 saturated heterocycles. The van der Waals surface area contributed by atoms with E-state index in [9.17, 15) is 4.79 Å². The number of carbonyl (C=O) groups is 1. The fraction of sp³-hybridized carbons (Fsp3) is 0.889. The molecule has 0 spiro atoms. The molecule has 12 heavy (non-hydrogen) atoms.